The van der Waals surface area contributed by atoms with Crippen molar-refractivity contribution in [3.05, 3.63) is 56.0 Å². The van der Waals surface area contributed by atoms with E-state index in [9.17, 15) is 14.4 Å². The number of rotatable bonds is 6. The third-order valence-electron chi connectivity index (χ3n) is 4.31. The summed E-state index contributed by atoms with van der Waals surface area (Å²) in [6, 6.07) is 7.16. The Hall–Kier alpha value is -2.87. The number of benzene rings is 1. The Morgan fingerprint density at radius 3 is 2.64 bits per heavy atom. The number of amides is 1. The Labute approximate surface area is 166 Å². The van der Waals surface area contributed by atoms with Gasteiger partial charge in [-0.3, -0.25) is 18.7 Å². The SMILES string of the molecule is COc1ccc(C)cc1NC(=O)Cn1c(=O)n(CC(C)C)c(=O)c2sccc21. The van der Waals surface area contributed by atoms with Gasteiger partial charge >= 0.3 is 5.69 Å². The molecule has 1 N–H and O–H groups in total. The van der Waals surface area contributed by atoms with Crippen LogP contribution in [-0.4, -0.2) is 22.2 Å². The number of carbonyl (C=O) groups excluding carboxylic acids is 1. The number of hydrogen-bond donors (Lipinski definition) is 1. The molecule has 28 heavy (non-hydrogen) atoms. The van der Waals surface area contributed by atoms with Gasteiger partial charge in [0.25, 0.3) is 5.56 Å². The molecule has 8 heteroatoms. The lowest BCUT2D eigenvalue weighted by molar-refractivity contribution is -0.116. The van der Waals surface area contributed by atoms with E-state index in [1.165, 1.54) is 27.6 Å². The lowest BCUT2D eigenvalue weighted by Crippen LogP contribution is -2.42. The van der Waals surface area contributed by atoms with Crippen molar-refractivity contribution < 1.29 is 9.53 Å². The fourth-order valence-electron chi connectivity index (χ4n) is 3.07. The van der Waals surface area contributed by atoms with Gasteiger partial charge < -0.3 is 10.1 Å². The molecule has 0 bridgehead atoms. The van der Waals surface area contributed by atoms with E-state index in [1.54, 1.807) is 23.6 Å². The first kappa shape index (κ1) is 19.9. The van der Waals surface area contributed by atoms with Crippen LogP contribution in [-0.2, 0) is 17.9 Å². The maximum absolute atomic E-state index is 12.9. The lowest BCUT2D eigenvalue weighted by Gasteiger charge is -2.14. The molecule has 0 radical (unpaired) electrons. The van der Waals surface area contributed by atoms with Crippen LogP contribution in [0, 0.1) is 12.8 Å². The fourth-order valence-corrected chi connectivity index (χ4v) is 3.91. The summed E-state index contributed by atoms with van der Waals surface area (Å²) >= 11 is 1.27. The summed E-state index contributed by atoms with van der Waals surface area (Å²) in [5, 5.41) is 4.56. The van der Waals surface area contributed by atoms with E-state index in [2.05, 4.69) is 5.32 Å². The molecule has 0 fully saturated rings. The Kier molecular flexibility index (Phi) is 5.69. The molecule has 0 saturated heterocycles. The van der Waals surface area contributed by atoms with Crippen molar-refractivity contribution in [3.63, 3.8) is 0 Å². The molecule has 1 aromatic carbocycles. The largest absolute Gasteiger partial charge is 0.495 e. The van der Waals surface area contributed by atoms with Gasteiger partial charge in [0.05, 0.1) is 18.3 Å². The number of hydrogen-bond acceptors (Lipinski definition) is 5. The van der Waals surface area contributed by atoms with Crippen LogP contribution in [0.15, 0.2) is 39.2 Å². The molecule has 0 aliphatic heterocycles. The minimum Gasteiger partial charge on any atom is -0.495 e. The van der Waals surface area contributed by atoms with Crippen LogP contribution in [0.25, 0.3) is 10.2 Å². The Morgan fingerprint density at radius 1 is 1.21 bits per heavy atom. The monoisotopic (exact) mass is 401 g/mol. The zero-order valence-corrected chi connectivity index (χ0v) is 17.1. The molecular weight excluding hydrogens is 378 g/mol. The van der Waals surface area contributed by atoms with Crippen molar-refractivity contribution in [1.29, 1.82) is 0 Å². The van der Waals surface area contributed by atoms with E-state index in [1.807, 2.05) is 26.8 Å². The molecule has 7 nitrogen and oxygen atoms in total. The van der Waals surface area contributed by atoms with E-state index in [0.29, 0.717) is 28.2 Å². The first-order valence-electron chi connectivity index (χ1n) is 8.97. The average molecular weight is 401 g/mol. The summed E-state index contributed by atoms with van der Waals surface area (Å²) in [4.78, 5) is 38.3. The third kappa shape index (κ3) is 3.87. The van der Waals surface area contributed by atoms with Crippen LogP contribution in [0.1, 0.15) is 19.4 Å². The maximum Gasteiger partial charge on any atom is 0.332 e. The minimum atomic E-state index is -0.476. The third-order valence-corrected chi connectivity index (χ3v) is 5.21. The first-order chi connectivity index (χ1) is 13.3. The standard InChI is InChI=1S/C20H23N3O4S/c1-12(2)10-23-19(25)18-15(7-8-28-18)22(20(23)26)11-17(24)21-14-9-13(3)5-6-16(14)27-4/h5-9,12H,10-11H2,1-4H3,(H,21,24). The molecule has 3 rings (SSSR count). The Morgan fingerprint density at radius 2 is 1.96 bits per heavy atom. The molecule has 0 saturated carbocycles. The minimum absolute atomic E-state index is 0.127. The number of thiophene rings is 1. The van der Waals surface area contributed by atoms with Crippen molar-refractivity contribution >= 4 is 33.1 Å². The van der Waals surface area contributed by atoms with Crippen LogP contribution in [0.2, 0.25) is 0 Å². The highest BCUT2D eigenvalue weighted by Crippen LogP contribution is 2.25. The van der Waals surface area contributed by atoms with Gasteiger partial charge in [0.15, 0.2) is 0 Å². The van der Waals surface area contributed by atoms with Gasteiger partial charge in [-0.25, -0.2) is 4.79 Å². The van der Waals surface area contributed by atoms with E-state index in [4.69, 9.17) is 4.74 Å². The van der Waals surface area contributed by atoms with Gasteiger partial charge in [0.2, 0.25) is 5.91 Å². The number of methoxy groups -OCH3 is 1. The zero-order valence-electron chi connectivity index (χ0n) is 16.3. The summed E-state index contributed by atoms with van der Waals surface area (Å²) in [6.07, 6.45) is 0. The van der Waals surface area contributed by atoms with E-state index >= 15 is 0 Å². The second-order valence-corrected chi connectivity index (χ2v) is 7.98. The highest BCUT2D eigenvalue weighted by Gasteiger charge is 2.17. The number of carbonyl (C=O) groups is 1. The molecule has 2 aromatic heterocycles. The van der Waals surface area contributed by atoms with Crippen LogP contribution >= 0.6 is 11.3 Å². The quantitative estimate of drug-likeness (QED) is 0.689. The number of ether oxygens (including phenoxy) is 1. The summed E-state index contributed by atoms with van der Waals surface area (Å²) in [6.45, 7) is 5.90. The summed E-state index contributed by atoms with van der Waals surface area (Å²) in [5.41, 5.74) is 1.21. The lowest BCUT2D eigenvalue weighted by atomic mass is 10.2. The van der Waals surface area contributed by atoms with Gasteiger partial charge in [0, 0.05) is 6.54 Å². The Bertz CT molecular complexity index is 1140. The molecule has 0 atom stereocenters. The molecule has 0 aliphatic rings. The number of nitrogens with zero attached hydrogens (tertiary/aromatic N) is 2. The zero-order chi connectivity index (χ0) is 20.4. The molecule has 148 valence electrons. The number of anilines is 1. The number of nitrogens with one attached hydrogen (secondary N) is 1. The van der Waals surface area contributed by atoms with Crippen LogP contribution < -0.4 is 21.3 Å². The molecule has 1 amide bonds. The van der Waals surface area contributed by atoms with E-state index in [0.717, 1.165) is 5.56 Å². The van der Waals surface area contributed by atoms with Gasteiger partial charge in [-0.2, -0.15) is 0 Å². The second-order valence-electron chi connectivity index (χ2n) is 7.07. The average Bonchev–Trinajstić information content (AvgIpc) is 3.12. The summed E-state index contributed by atoms with van der Waals surface area (Å²) in [7, 11) is 1.53. The smallest absolute Gasteiger partial charge is 0.332 e. The molecule has 3 aromatic rings. The van der Waals surface area contributed by atoms with Gasteiger partial charge in [-0.1, -0.05) is 19.9 Å². The van der Waals surface area contributed by atoms with Crippen molar-refractivity contribution in [2.45, 2.75) is 33.9 Å². The van der Waals surface area contributed by atoms with E-state index in [-0.39, 0.29) is 23.9 Å². The predicted molar refractivity (Wildman–Crippen MR) is 112 cm³/mol. The molecule has 0 unspecified atom stereocenters. The van der Waals surface area contributed by atoms with Crippen molar-refractivity contribution in [2.24, 2.45) is 5.92 Å². The maximum atomic E-state index is 12.9. The highest BCUT2D eigenvalue weighted by molar-refractivity contribution is 7.17. The topological polar surface area (TPSA) is 82.3 Å². The highest BCUT2D eigenvalue weighted by atomic mass is 32.1. The second kappa shape index (κ2) is 8.02. The summed E-state index contributed by atoms with van der Waals surface area (Å²) < 4.78 is 8.32. The van der Waals surface area contributed by atoms with Gasteiger partial charge in [0.1, 0.15) is 17.0 Å². The van der Waals surface area contributed by atoms with Crippen LogP contribution in [0.3, 0.4) is 0 Å². The molecular formula is C20H23N3O4S. The van der Waals surface area contributed by atoms with Gasteiger partial charge in [-0.05, 0) is 42.0 Å². The predicted octanol–water partition coefficient (Wildman–Crippen LogP) is 2.84. The molecule has 0 aliphatic carbocycles. The normalized spacial score (nSPS) is 11.2. The van der Waals surface area contributed by atoms with Crippen molar-refractivity contribution in [3.8, 4) is 5.75 Å². The van der Waals surface area contributed by atoms with Crippen LogP contribution in [0.4, 0.5) is 5.69 Å². The number of fused-ring (bicyclic) bond motifs is 1. The number of aromatic nitrogens is 2. The van der Waals surface area contributed by atoms with Crippen molar-refractivity contribution in [2.75, 3.05) is 12.4 Å². The molecule has 0 spiro atoms. The fraction of sp³-hybridized carbons (Fsp3) is 0.350. The molecule has 2 heterocycles. The first-order valence-corrected chi connectivity index (χ1v) is 9.85. The summed E-state index contributed by atoms with van der Waals surface area (Å²) in [5.74, 6) is 0.298. The van der Waals surface area contributed by atoms with E-state index < -0.39 is 5.69 Å². The van der Waals surface area contributed by atoms with Gasteiger partial charge in [-0.15, -0.1) is 11.3 Å². The number of aryl methyl sites for hydroxylation is 1. The van der Waals surface area contributed by atoms with Crippen LogP contribution in [0.5, 0.6) is 5.75 Å². The Balaban J connectivity index is 1.99. The van der Waals surface area contributed by atoms with Crippen molar-refractivity contribution in [1.82, 2.24) is 9.13 Å².